The van der Waals surface area contributed by atoms with Crippen LogP contribution in [0, 0.1) is 5.92 Å². The maximum Gasteiger partial charge on any atom is 0.243 e. The Morgan fingerprint density at radius 1 is 1.26 bits per heavy atom. The SMILES string of the molecule is CN=C(NCc1ccc(S(=O)(=O)N2CCCC(C)C2)cc1)NCc1cc(C(C)C)no1. The number of piperidine rings is 1. The van der Waals surface area contributed by atoms with Crippen molar-refractivity contribution in [2.45, 2.75) is 57.5 Å². The highest BCUT2D eigenvalue weighted by Gasteiger charge is 2.28. The zero-order valence-electron chi connectivity index (χ0n) is 18.8. The number of aromatic nitrogens is 1. The summed E-state index contributed by atoms with van der Waals surface area (Å²) in [4.78, 5) is 4.56. The van der Waals surface area contributed by atoms with Gasteiger partial charge in [-0.3, -0.25) is 4.99 Å². The average Bonchev–Trinajstić information content (AvgIpc) is 3.24. The minimum absolute atomic E-state index is 0.319. The van der Waals surface area contributed by atoms with Gasteiger partial charge >= 0.3 is 0 Å². The summed E-state index contributed by atoms with van der Waals surface area (Å²) in [5, 5.41) is 10.5. The van der Waals surface area contributed by atoms with Crippen LogP contribution in [-0.4, -0.2) is 44.0 Å². The number of hydrogen-bond acceptors (Lipinski definition) is 5. The lowest BCUT2D eigenvalue weighted by atomic mass is 10.0. The van der Waals surface area contributed by atoms with Gasteiger partial charge in [-0.2, -0.15) is 4.31 Å². The number of nitrogens with zero attached hydrogens (tertiary/aromatic N) is 3. The fraction of sp³-hybridized carbons (Fsp3) is 0.545. The summed E-state index contributed by atoms with van der Waals surface area (Å²) in [6.07, 6.45) is 2.00. The molecule has 0 saturated carbocycles. The monoisotopic (exact) mass is 447 g/mol. The lowest BCUT2D eigenvalue weighted by molar-refractivity contribution is 0.281. The van der Waals surface area contributed by atoms with Gasteiger partial charge in [0.2, 0.25) is 10.0 Å². The molecule has 2 aromatic rings. The van der Waals surface area contributed by atoms with E-state index in [0.717, 1.165) is 29.9 Å². The smallest absolute Gasteiger partial charge is 0.243 e. The average molecular weight is 448 g/mol. The number of hydrogen-bond donors (Lipinski definition) is 2. The molecule has 2 N–H and O–H groups in total. The number of benzene rings is 1. The van der Waals surface area contributed by atoms with Crippen molar-refractivity contribution in [3.8, 4) is 0 Å². The van der Waals surface area contributed by atoms with E-state index in [9.17, 15) is 8.42 Å². The van der Waals surface area contributed by atoms with Gasteiger partial charge in [0.25, 0.3) is 0 Å². The Bertz CT molecular complexity index is 983. The predicted molar refractivity (Wildman–Crippen MR) is 121 cm³/mol. The second-order valence-corrected chi connectivity index (χ2v) is 10.3. The van der Waals surface area contributed by atoms with Crippen LogP contribution in [0.4, 0.5) is 0 Å². The Labute approximate surface area is 185 Å². The molecule has 0 spiro atoms. The van der Waals surface area contributed by atoms with E-state index in [1.165, 1.54) is 0 Å². The quantitative estimate of drug-likeness (QED) is 0.500. The fourth-order valence-corrected chi connectivity index (χ4v) is 5.15. The van der Waals surface area contributed by atoms with Crippen LogP contribution < -0.4 is 10.6 Å². The zero-order valence-corrected chi connectivity index (χ0v) is 19.6. The highest BCUT2D eigenvalue weighted by atomic mass is 32.2. The molecule has 1 fully saturated rings. The topological polar surface area (TPSA) is 99.8 Å². The molecule has 1 saturated heterocycles. The van der Waals surface area contributed by atoms with Gasteiger partial charge in [0.15, 0.2) is 11.7 Å². The molecular weight excluding hydrogens is 414 g/mol. The van der Waals surface area contributed by atoms with Crippen molar-refractivity contribution in [2.75, 3.05) is 20.1 Å². The number of guanidine groups is 1. The molecule has 0 bridgehead atoms. The van der Waals surface area contributed by atoms with Gasteiger partial charge in [-0.1, -0.05) is 38.1 Å². The summed E-state index contributed by atoms with van der Waals surface area (Å²) < 4.78 is 32.7. The molecule has 1 unspecified atom stereocenters. The Morgan fingerprint density at radius 3 is 2.58 bits per heavy atom. The molecule has 0 aliphatic carbocycles. The second kappa shape index (κ2) is 10.3. The van der Waals surface area contributed by atoms with E-state index in [-0.39, 0.29) is 0 Å². The molecule has 1 aliphatic heterocycles. The first-order valence-corrected chi connectivity index (χ1v) is 12.2. The predicted octanol–water partition coefficient (Wildman–Crippen LogP) is 3.08. The number of aliphatic imine (C=N–C) groups is 1. The number of sulfonamides is 1. The molecule has 1 aromatic heterocycles. The number of nitrogens with one attached hydrogen (secondary N) is 2. The Kier molecular flexibility index (Phi) is 7.72. The van der Waals surface area contributed by atoms with Crippen LogP contribution in [0.25, 0.3) is 0 Å². The van der Waals surface area contributed by atoms with Crippen LogP contribution in [-0.2, 0) is 23.1 Å². The van der Waals surface area contributed by atoms with Gasteiger partial charge in [-0.15, -0.1) is 0 Å². The minimum atomic E-state index is -3.43. The van der Waals surface area contributed by atoms with Crippen molar-refractivity contribution in [1.29, 1.82) is 0 Å². The molecule has 1 aliphatic rings. The molecule has 3 rings (SSSR count). The summed E-state index contributed by atoms with van der Waals surface area (Å²) in [5.74, 6) is 2.09. The maximum atomic E-state index is 12.9. The van der Waals surface area contributed by atoms with E-state index < -0.39 is 10.0 Å². The fourth-order valence-electron chi connectivity index (χ4n) is 3.55. The first-order chi connectivity index (χ1) is 14.8. The molecule has 170 valence electrons. The van der Waals surface area contributed by atoms with E-state index in [4.69, 9.17) is 4.52 Å². The first-order valence-electron chi connectivity index (χ1n) is 10.8. The summed E-state index contributed by atoms with van der Waals surface area (Å²) in [5.41, 5.74) is 1.89. The van der Waals surface area contributed by atoms with Crippen molar-refractivity contribution in [1.82, 2.24) is 20.1 Å². The summed E-state index contributed by atoms with van der Waals surface area (Å²) in [7, 11) is -1.73. The van der Waals surface area contributed by atoms with Gasteiger partial charge in [0.05, 0.1) is 17.1 Å². The van der Waals surface area contributed by atoms with Gasteiger partial charge in [-0.25, -0.2) is 8.42 Å². The Balaban J connectivity index is 1.54. The molecule has 31 heavy (non-hydrogen) atoms. The third-order valence-electron chi connectivity index (χ3n) is 5.46. The van der Waals surface area contributed by atoms with Crippen LogP contribution in [0.5, 0.6) is 0 Å². The lowest BCUT2D eigenvalue weighted by Crippen LogP contribution is -2.39. The minimum Gasteiger partial charge on any atom is -0.359 e. The van der Waals surface area contributed by atoms with Crippen molar-refractivity contribution in [2.24, 2.45) is 10.9 Å². The molecule has 1 aromatic carbocycles. The van der Waals surface area contributed by atoms with E-state index in [1.54, 1.807) is 23.5 Å². The third kappa shape index (κ3) is 6.07. The highest BCUT2D eigenvalue weighted by molar-refractivity contribution is 7.89. The van der Waals surface area contributed by atoms with Crippen molar-refractivity contribution >= 4 is 16.0 Å². The standard InChI is InChI=1S/C22H33N5O3S/c1-16(2)21-12-19(30-26-21)14-25-22(23-4)24-13-18-7-9-20(10-8-18)31(28,29)27-11-5-6-17(3)15-27/h7-10,12,16-17H,5-6,11,13-15H2,1-4H3,(H2,23,24,25). The Hall–Kier alpha value is -2.39. The van der Waals surface area contributed by atoms with Crippen molar-refractivity contribution < 1.29 is 12.9 Å². The lowest BCUT2D eigenvalue weighted by Gasteiger charge is -2.30. The summed E-state index contributed by atoms with van der Waals surface area (Å²) in [6.45, 7) is 8.43. The van der Waals surface area contributed by atoms with E-state index in [1.807, 2.05) is 18.2 Å². The van der Waals surface area contributed by atoms with Gasteiger partial charge in [0.1, 0.15) is 0 Å². The first kappa shape index (κ1) is 23.3. The molecule has 2 heterocycles. The van der Waals surface area contributed by atoms with Crippen LogP contribution in [0.3, 0.4) is 0 Å². The molecule has 1 atom stereocenters. The molecule has 0 radical (unpaired) electrons. The van der Waals surface area contributed by atoms with Gasteiger partial charge in [0, 0.05) is 32.7 Å². The molecule has 9 heteroatoms. The van der Waals surface area contributed by atoms with E-state index >= 15 is 0 Å². The van der Waals surface area contributed by atoms with Crippen LogP contribution in [0.15, 0.2) is 44.7 Å². The molecule has 0 amide bonds. The number of rotatable bonds is 7. The Morgan fingerprint density at radius 2 is 1.97 bits per heavy atom. The van der Waals surface area contributed by atoms with Crippen molar-refractivity contribution in [3.05, 3.63) is 47.3 Å². The van der Waals surface area contributed by atoms with Gasteiger partial charge in [-0.05, 0) is 42.4 Å². The molecular formula is C22H33N5O3S. The van der Waals surface area contributed by atoms with E-state index in [0.29, 0.717) is 48.9 Å². The summed E-state index contributed by atoms with van der Waals surface area (Å²) in [6, 6.07) is 8.98. The van der Waals surface area contributed by atoms with Crippen molar-refractivity contribution in [3.63, 3.8) is 0 Å². The molecule has 8 nitrogen and oxygen atoms in total. The highest BCUT2D eigenvalue weighted by Crippen LogP contribution is 2.23. The maximum absolute atomic E-state index is 12.9. The van der Waals surface area contributed by atoms with Crippen LogP contribution in [0.1, 0.15) is 56.5 Å². The zero-order chi connectivity index (χ0) is 22.4. The van der Waals surface area contributed by atoms with E-state index in [2.05, 4.69) is 41.6 Å². The summed E-state index contributed by atoms with van der Waals surface area (Å²) >= 11 is 0. The van der Waals surface area contributed by atoms with Gasteiger partial charge < -0.3 is 15.2 Å². The van der Waals surface area contributed by atoms with Crippen LogP contribution >= 0.6 is 0 Å². The normalized spacial score (nSPS) is 18.4. The third-order valence-corrected chi connectivity index (χ3v) is 7.34. The van der Waals surface area contributed by atoms with Crippen LogP contribution in [0.2, 0.25) is 0 Å². The second-order valence-electron chi connectivity index (χ2n) is 8.41. The largest absolute Gasteiger partial charge is 0.359 e.